The lowest BCUT2D eigenvalue weighted by molar-refractivity contribution is 0.288. The number of aliphatic hydroxyl groups excluding tert-OH is 1. The third kappa shape index (κ3) is 2.70. The molecular weight excluding hydrogens is 236 g/mol. The number of aromatic nitrogens is 3. The summed E-state index contributed by atoms with van der Waals surface area (Å²) < 4.78 is 1.72. The van der Waals surface area contributed by atoms with Gasteiger partial charge in [-0.3, -0.25) is 0 Å². The molecule has 17 heavy (non-hydrogen) atoms. The summed E-state index contributed by atoms with van der Waals surface area (Å²) in [5, 5.41) is 16.9. The van der Waals surface area contributed by atoms with Crippen LogP contribution in [0.1, 0.15) is 6.92 Å². The van der Waals surface area contributed by atoms with Crippen molar-refractivity contribution >= 4 is 23.4 Å². The van der Waals surface area contributed by atoms with E-state index in [0.717, 1.165) is 5.65 Å². The first-order chi connectivity index (χ1) is 8.24. The molecule has 0 aromatic carbocycles. The third-order valence-corrected chi connectivity index (χ3v) is 3.80. The van der Waals surface area contributed by atoms with Crippen molar-refractivity contribution in [1.82, 2.24) is 14.6 Å². The van der Waals surface area contributed by atoms with E-state index in [1.165, 1.54) is 0 Å². The number of nitrogens with one attached hydrogen (secondary N) is 1. The van der Waals surface area contributed by atoms with Gasteiger partial charge in [-0.1, -0.05) is 6.07 Å². The van der Waals surface area contributed by atoms with Gasteiger partial charge in [-0.05, 0) is 25.3 Å². The Balaban J connectivity index is 2.12. The monoisotopic (exact) mass is 252 g/mol. The van der Waals surface area contributed by atoms with E-state index in [4.69, 9.17) is 0 Å². The SMILES string of the molecule is CSC(CO)C(C)Nc1nc2ccccn2n1. The molecule has 0 saturated carbocycles. The molecule has 6 heteroatoms. The van der Waals surface area contributed by atoms with Crippen molar-refractivity contribution in [3.63, 3.8) is 0 Å². The predicted octanol–water partition coefficient (Wildman–Crippen LogP) is 1.25. The summed E-state index contributed by atoms with van der Waals surface area (Å²) in [7, 11) is 0. The van der Waals surface area contributed by atoms with E-state index in [9.17, 15) is 5.11 Å². The summed E-state index contributed by atoms with van der Waals surface area (Å²) in [5.74, 6) is 0.594. The van der Waals surface area contributed by atoms with Crippen molar-refractivity contribution in [3.05, 3.63) is 24.4 Å². The summed E-state index contributed by atoms with van der Waals surface area (Å²) in [6.07, 6.45) is 3.84. The van der Waals surface area contributed by atoms with Gasteiger partial charge in [0.1, 0.15) is 0 Å². The van der Waals surface area contributed by atoms with Gasteiger partial charge in [0, 0.05) is 17.5 Å². The van der Waals surface area contributed by atoms with E-state index in [0.29, 0.717) is 5.95 Å². The van der Waals surface area contributed by atoms with Crippen LogP contribution in [0.5, 0.6) is 0 Å². The van der Waals surface area contributed by atoms with Gasteiger partial charge in [0.25, 0.3) is 0 Å². The third-order valence-electron chi connectivity index (χ3n) is 2.64. The lowest BCUT2D eigenvalue weighted by atomic mass is 10.2. The molecule has 0 radical (unpaired) electrons. The zero-order valence-electron chi connectivity index (χ0n) is 9.87. The van der Waals surface area contributed by atoms with Crippen molar-refractivity contribution in [2.24, 2.45) is 0 Å². The molecule has 2 N–H and O–H groups in total. The van der Waals surface area contributed by atoms with Crippen molar-refractivity contribution in [1.29, 1.82) is 0 Å². The minimum absolute atomic E-state index is 0.118. The maximum absolute atomic E-state index is 9.21. The molecule has 2 rings (SSSR count). The number of rotatable bonds is 5. The van der Waals surface area contributed by atoms with E-state index in [1.807, 2.05) is 37.6 Å². The Labute approximate surface area is 104 Å². The second-order valence-corrected chi connectivity index (χ2v) is 4.91. The molecule has 2 heterocycles. The minimum atomic E-state index is 0.118. The molecule has 92 valence electrons. The van der Waals surface area contributed by atoms with Crippen LogP contribution in [-0.4, -0.2) is 43.9 Å². The van der Waals surface area contributed by atoms with Crippen molar-refractivity contribution in [2.45, 2.75) is 18.2 Å². The van der Waals surface area contributed by atoms with Crippen LogP contribution in [0.15, 0.2) is 24.4 Å². The molecule has 2 aromatic heterocycles. The van der Waals surface area contributed by atoms with Gasteiger partial charge >= 0.3 is 0 Å². The van der Waals surface area contributed by atoms with Crippen molar-refractivity contribution in [3.8, 4) is 0 Å². The Kier molecular flexibility index (Phi) is 3.86. The molecule has 0 aliphatic rings. The molecule has 0 amide bonds. The summed E-state index contributed by atoms with van der Waals surface area (Å²) in [6.45, 7) is 2.16. The largest absolute Gasteiger partial charge is 0.395 e. The van der Waals surface area contributed by atoms with Crippen LogP contribution in [0.25, 0.3) is 5.65 Å². The summed E-state index contributed by atoms with van der Waals surface area (Å²) in [5.41, 5.74) is 0.812. The molecule has 2 atom stereocenters. The number of hydrogen-bond donors (Lipinski definition) is 2. The lowest BCUT2D eigenvalue weighted by Crippen LogP contribution is -2.31. The Morgan fingerprint density at radius 2 is 2.35 bits per heavy atom. The van der Waals surface area contributed by atoms with Gasteiger partial charge in [0.05, 0.1) is 6.61 Å². The normalized spacial score (nSPS) is 14.8. The highest BCUT2D eigenvalue weighted by Gasteiger charge is 2.16. The Morgan fingerprint density at radius 3 is 3.00 bits per heavy atom. The van der Waals surface area contributed by atoms with Gasteiger partial charge in [-0.25, -0.2) is 4.52 Å². The van der Waals surface area contributed by atoms with E-state index < -0.39 is 0 Å². The van der Waals surface area contributed by atoms with Gasteiger partial charge < -0.3 is 10.4 Å². The van der Waals surface area contributed by atoms with E-state index in [-0.39, 0.29) is 17.9 Å². The van der Waals surface area contributed by atoms with Crippen molar-refractivity contribution in [2.75, 3.05) is 18.2 Å². The van der Waals surface area contributed by atoms with Gasteiger partial charge in [-0.15, -0.1) is 5.10 Å². The highest BCUT2D eigenvalue weighted by molar-refractivity contribution is 7.99. The molecule has 0 saturated heterocycles. The zero-order chi connectivity index (χ0) is 12.3. The van der Waals surface area contributed by atoms with Gasteiger partial charge in [0.15, 0.2) is 5.65 Å². The van der Waals surface area contributed by atoms with Crippen LogP contribution in [0.4, 0.5) is 5.95 Å². The number of aliphatic hydroxyl groups is 1. The fourth-order valence-electron chi connectivity index (χ4n) is 1.63. The standard InChI is InChI=1S/C11H16N4OS/c1-8(9(7-16)17-2)12-11-13-10-5-3-4-6-15(10)14-11/h3-6,8-9,16H,7H2,1-2H3,(H,12,14). The molecule has 0 fully saturated rings. The fraction of sp³-hybridized carbons (Fsp3) is 0.455. The molecule has 0 bridgehead atoms. The number of anilines is 1. The van der Waals surface area contributed by atoms with E-state index in [2.05, 4.69) is 15.4 Å². The summed E-state index contributed by atoms with van der Waals surface area (Å²) in [6, 6.07) is 5.86. The van der Waals surface area contributed by atoms with E-state index in [1.54, 1.807) is 16.3 Å². The fourth-order valence-corrected chi connectivity index (χ4v) is 2.25. The van der Waals surface area contributed by atoms with Crippen LogP contribution < -0.4 is 5.32 Å². The first kappa shape index (κ1) is 12.2. The molecule has 5 nitrogen and oxygen atoms in total. The predicted molar refractivity (Wildman–Crippen MR) is 70.5 cm³/mol. The van der Waals surface area contributed by atoms with Crippen molar-refractivity contribution < 1.29 is 5.11 Å². The summed E-state index contributed by atoms with van der Waals surface area (Å²) in [4.78, 5) is 4.35. The summed E-state index contributed by atoms with van der Waals surface area (Å²) >= 11 is 1.63. The number of fused-ring (bicyclic) bond motifs is 1. The highest BCUT2D eigenvalue weighted by Crippen LogP contribution is 2.14. The maximum Gasteiger partial charge on any atom is 0.243 e. The second kappa shape index (κ2) is 5.37. The van der Waals surface area contributed by atoms with Crippen LogP contribution >= 0.6 is 11.8 Å². The lowest BCUT2D eigenvalue weighted by Gasteiger charge is -2.20. The number of pyridine rings is 1. The van der Waals surface area contributed by atoms with Crippen LogP contribution in [0.3, 0.4) is 0 Å². The average Bonchev–Trinajstić information content (AvgIpc) is 2.72. The smallest absolute Gasteiger partial charge is 0.243 e. The molecule has 2 aromatic rings. The van der Waals surface area contributed by atoms with Crippen LogP contribution in [0.2, 0.25) is 0 Å². The molecule has 0 aliphatic heterocycles. The number of hydrogen-bond acceptors (Lipinski definition) is 5. The van der Waals surface area contributed by atoms with E-state index >= 15 is 0 Å². The topological polar surface area (TPSA) is 62.5 Å². The van der Waals surface area contributed by atoms with Crippen LogP contribution in [-0.2, 0) is 0 Å². The Morgan fingerprint density at radius 1 is 1.53 bits per heavy atom. The van der Waals surface area contributed by atoms with Crippen LogP contribution in [0, 0.1) is 0 Å². The average molecular weight is 252 g/mol. The first-order valence-electron chi connectivity index (χ1n) is 5.46. The number of nitrogens with zero attached hydrogens (tertiary/aromatic N) is 3. The minimum Gasteiger partial charge on any atom is -0.395 e. The molecule has 0 aliphatic carbocycles. The van der Waals surface area contributed by atoms with Gasteiger partial charge in [0.2, 0.25) is 5.95 Å². The highest BCUT2D eigenvalue weighted by atomic mass is 32.2. The van der Waals surface area contributed by atoms with Gasteiger partial charge in [-0.2, -0.15) is 16.7 Å². The zero-order valence-corrected chi connectivity index (χ0v) is 10.7. The first-order valence-corrected chi connectivity index (χ1v) is 6.75. The maximum atomic E-state index is 9.21. The molecule has 0 spiro atoms. The number of thioether (sulfide) groups is 1. The Hall–Kier alpha value is -1.27. The Bertz CT molecular complexity index is 450. The quantitative estimate of drug-likeness (QED) is 0.838. The molecular formula is C11H16N4OS. The second-order valence-electron chi connectivity index (χ2n) is 3.83. The molecule has 2 unspecified atom stereocenters.